The number of nitrogens with one attached hydrogen (secondary N) is 1. The molecule has 1 aliphatic heterocycles. The highest BCUT2D eigenvalue weighted by atomic mass is 19.4. The molecule has 1 saturated heterocycles. The monoisotopic (exact) mass is 531 g/mol. The van der Waals surface area contributed by atoms with Gasteiger partial charge in [-0.2, -0.15) is 18.3 Å². The Balaban J connectivity index is 1.63. The Morgan fingerprint density at radius 2 is 1.82 bits per heavy atom. The maximum absolute atomic E-state index is 14.5. The number of halogens is 3. The SMILES string of the molecule is CC1(C)CC(N(c2ccc(-c3ccc(-c4cn[nH]c4)cc3O)nn2)C(F)(F)F)CC(C)(C)N1C(=O)CCN. The summed E-state index contributed by atoms with van der Waals surface area (Å²) >= 11 is 0. The molecule has 9 nitrogen and oxygen atoms in total. The number of phenolic OH excluding ortho intramolecular Hbond substituents is 1. The van der Waals surface area contributed by atoms with Gasteiger partial charge in [-0.05, 0) is 70.4 Å². The van der Waals surface area contributed by atoms with Gasteiger partial charge in [-0.1, -0.05) is 6.07 Å². The van der Waals surface area contributed by atoms with Crippen molar-refractivity contribution in [1.82, 2.24) is 25.3 Å². The number of carbonyl (C=O) groups excluding carboxylic acids is 1. The number of nitrogens with zero attached hydrogens (tertiary/aromatic N) is 5. The molecule has 1 amide bonds. The first-order valence-electron chi connectivity index (χ1n) is 12.3. The Hall–Kier alpha value is -3.67. The van der Waals surface area contributed by atoms with E-state index >= 15 is 0 Å². The van der Waals surface area contributed by atoms with E-state index < -0.39 is 23.4 Å². The molecule has 4 N–H and O–H groups in total. The van der Waals surface area contributed by atoms with Crippen LogP contribution in [0.1, 0.15) is 47.0 Å². The Kier molecular flexibility index (Phi) is 7.13. The van der Waals surface area contributed by atoms with Crippen molar-refractivity contribution in [2.45, 2.75) is 70.4 Å². The summed E-state index contributed by atoms with van der Waals surface area (Å²) in [6, 6.07) is 6.59. The Morgan fingerprint density at radius 1 is 1.13 bits per heavy atom. The van der Waals surface area contributed by atoms with Crippen LogP contribution < -0.4 is 10.6 Å². The second-order valence-electron chi connectivity index (χ2n) is 10.8. The number of phenols is 1. The molecule has 12 heteroatoms. The molecule has 1 fully saturated rings. The lowest BCUT2D eigenvalue weighted by atomic mass is 9.76. The average Bonchev–Trinajstić information content (AvgIpc) is 3.32. The van der Waals surface area contributed by atoms with Gasteiger partial charge in [-0.3, -0.25) is 14.8 Å². The lowest BCUT2D eigenvalue weighted by molar-refractivity contribution is -0.158. The molecule has 3 heterocycles. The zero-order valence-corrected chi connectivity index (χ0v) is 21.8. The zero-order chi connectivity index (χ0) is 27.9. The fourth-order valence-electron chi connectivity index (χ4n) is 5.78. The summed E-state index contributed by atoms with van der Waals surface area (Å²) in [7, 11) is 0. The van der Waals surface area contributed by atoms with Crippen molar-refractivity contribution in [1.29, 1.82) is 0 Å². The van der Waals surface area contributed by atoms with E-state index in [1.54, 1.807) is 57.1 Å². The van der Waals surface area contributed by atoms with E-state index in [0.717, 1.165) is 5.56 Å². The topological polar surface area (TPSA) is 124 Å². The third-order valence-corrected chi connectivity index (χ3v) is 6.93. The lowest BCUT2D eigenvalue weighted by Crippen LogP contribution is -2.67. The molecule has 0 bridgehead atoms. The van der Waals surface area contributed by atoms with Crippen LogP contribution in [0.4, 0.5) is 19.0 Å². The number of nitrogens with two attached hydrogens (primary N) is 1. The highest BCUT2D eigenvalue weighted by molar-refractivity contribution is 5.78. The molecule has 2 aromatic heterocycles. The molecule has 0 spiro atoms. The molecule has 204 valence electrons. The van der Waals surface area contributed by atoms with Crippen molar-refractivity contribution >= 4 is 11.7 Å². The van der Waals surface area contributed by atoms with Gasteiger partial charge in [0, 0.05) is 47.4 Å². The van der Waals surface area contributed by atoms with Crippen LogP contribution in [0.2, 0.25) is 0 Å². The van der Waals surface area contributed by atoms with Gasteiger partial charge < -0.3 is 15.7 Å². The van der Waals surface area contributed by atoms with E-state index in [2.05, 4.69) is 20.4 Å². The third-order valence-electron chi connectivity index (χ3n) is 6.93. The number of likely N-dealkylation sites (tertiary alicyclic amines) is 1. The first kappa shape index (κ1) is 27.4. The minimum atomic E-state index is -4.73. The predicted octanol–water partition coefficient (Wildman–Crippen LogP) is 4.46. The number of piperidine rings is 1. The van der Waals surface area contributed by atoms with Crippen molar-refractivity contribution in [2.24, 2.45) is 5.73 Å². The standard InChI is InChI=1S/C26H32F3N7O2/c1-24(2)12-18(13-25(3,4)36(24)23(38)9-10-30)35(26(27,28)29)22-8-7-20(33-34-22)19-6-5-16(11-21(19)37)17-14-31-32-15-17/h5-8,11,14-15,18,37H,9-10,12-13,30H2,1-4H3,(H,31,32). The molecule has 3 aromatic rings. The molecule has 0 atom stereocenters. The predicted molar refractivity (Wildman–Crippen MR) is 137 cm³/mol. The van der Waals surface area contributed by atoms with Gasteiger partial charge in [0.05, 0.1) is 11.9 Å². The molecule has 1 aliphatic rings. The molecule has 0 aliphatic carbocycles. The fourth-order valence-corrected chi connectivity index (χ4v) is 5.78. The van der Waals surface area contributed by atoms with Gasteiger partial charge in [0.25, 0.3) is 0 Å². The summed E-state index contributed by atoms with van der Waals surface area (Å²) in [6.07, 6.45) is -1.17. The summed E-state index contributed by atoms with van der Waals surface area (Å²) in [5, 5.41) is 25.1. The van der Waals surface area contributed by atoms with E-state index in [1.165, 1.54) is 18.2 Å². The van der Waals surface area contributed by atoms with Crippen LogP contribution in [-0.4, -0.2) is 66.3 Å². The second kappa shape index (κ2) is 9.90. The van der Waals surface area contributed by atoms with Crippen LogP contribution in [-0.2, 0) is 4.79 Å². The first-order valence-corrected chi connectivity index (χ1v) is 12.3. The highest BCUT2D eigenvalue weighted by Gasteiger charge is 2.53. The number of hydrogen-bond donors (Lipinski definition) is 3. The number of benzene rings is 1. The Morgan fingerprint density at radius 3 is 2.32 bits per heavy atom. The number of carbonyl (C=O) groups is 1. The third kappa shape index (κ3) is 5.31. The highest BCUT2D eigenvalue weighted by Crippen LogP contribution is 2.44. The largest absolute Gasteiger partial charge is 0.507 e. The van der Waals surface area contributed by atoms with Crippen LogP contribution >= 0.6 is 0 Å². The minimum absolute atomic E-state index is 0.0753. The number of aromatic hydroxyl groups is 1. The number of anilines is 1. The molecule has 0 radical (unpaired) electrons. The molecule has 0 unspecified atom stereocenters. The summed E-state index contributed by atoms with van der Waals surface area (Å²) in [5.74, 6) is -0.618. The molecular weight excluding hydrogens is 499 g/mol. The number of H-pyrrole nitrogens is 1. The lowest BCUT2D eigenvalue weighted by Gasteiger charge is -2.57. The van der Waals surface area contributed by atoms with Gasteiger partial charge in [0.15, 0.2) is 5.82 Å². The number of hydrogen-bond acceptors (Lipinski definition) is 7. The van der Waals surface area contributed by atoms with E-state index in [-0.39, 0.29) is 49.0 Å². The summed E-state index contributed by atoms with van der Waals surface area (Å²) < 4.78 is 43.4. The van der Waals surface area contributed by atoms with Crippen molar-refractivity contribution in [3.8, 4) is 28.1 Å². The maximum Gasteiger partial charge on any atom is 0.486 e. The van der Waals surface area contributed by atoms with Crippen LogP contribution in [0.25, 0.3) is 22.4 Å². The summed E-state index contributed by atoms with van der Waals surface area (Å²) in [6.45, 7) is 7.26. The average molecular weight is 532 g/mol. The number of aromatic nitrogens is 4. The normalized spacial score (nSPS) is 17.4. The zero-order valence-electron chi connectivity index (χ0n) is 21.8. The Labute approximate surface area is 218 Å². The van der Waals surface area contributed by atoms with Crippen LogP contribution in [0.15, 0.2) is 42.7 Å². The number of alkyl halides is 3. The first-order chi connectivity index (χ1) is 17.7. The van der Waals surface area contributed by atoms with Crippen molar-refractivity contribution in [3.05, 3.63) is 42.7 Å². The van der Waals surface area contributed by atoms with Crippen LogP contribution in [0.5, 0.6) is 5.75 Å². The number of rotatable bonds is 6. The van der Waals surface area contributed by atoms with Gasteiger partial charge >= 0.3 is 6.30 Å². The molecular formula is C26H32F3N7O2. The number of aromatic amines is 1. The van der Waals surface area contributed by atoms with Gasteiger partial charge in [-0.25, -0.2) is 0 Å². The summed E-state index contributed by atoms with van der Waals surface area (Å²) in [5.41, 5.74) is 5.94. The van der Waals surface area contributed by atoms with Gasteiger partial charge in [0.2, 0.25) is 5.91 Å². The summed E-state index contributed by atoms with van der Waals surface area (Å²) in [4.78, 5) is 14.8. The fraction of sp³-hybridized carbons (Fsp3) is 0.462. The number of amides is 1. The minimum Gasteiger partial charge on any atom is -0.507 e. The molecule has 4 rings (SSSR count). The van der Waals surface area contributed by atoms with Crippen LogP contribution in [0, 0.1) is 0 Å². The van der Waals surface area contributed by atoms with Gasteiger partial charge in [-0.15, -0.1) is 10.2 Å². The van der Waals surface area contributed by atoms with E-state index in [4.69, 9.17) is 5.73 Å². The maximum atomic E-state index is 14.5. The van der Waals surface area contributed by atoms with Crippen molar-refractivity contribution < 1.29 is 23.1 Å². The van der Waals surface area contributed by atoms with Crippen molar-refractivity contribution in [3.63, 3.8) is 0 Å². The quantitative estimate of drug-likeness (QED) is 0.401. The molecule has 1 aromatic carbocycles. The smallest absolute Gasteiger partial charge is 0.486 e. The van der Waals surface area contributed by atoms with Gasteiger partial charge in [0.1, 0.15) is 5.75 Å². The van der Waals surface area contributed by atoms with Crippen molar-refractivity contribution in [2.75, 3.05) is 11.4 Å². The molecule has 0 saturated carbocycles. The van der Waals surface area contributed by atoms with E-state index in [1.807, 2.05) is 0 Å². The van der Waals surface area contributed by atoms with Crippen LogP contribution in [0.3, 0.4) is 0 Å². The Bertz CT molecular complexity index is 1260. The van der Waals surface area contributed by atoms with E-state index in [9.17, 15) is 23.1 Å². The van der Waals surface area contributed by atoms with E-state index in [0.29, 0.717) is 16.0 Å². The molecule has 38 heavy (non-hydrogen) atoms. The second-order valence-corrected chi connectivity index (χ2v) is 10.8.